The van der Waals surface area contributed by atoms with Crippen molar-refractivity contribution in [3.63, 3.8) is 0 Å². The number of hydrogen-bond donors (Lipinski definition) is 1. The first-order valence-corrected chi connectivity index (χ1v) is 4.71. The first-order valence-electron chi connectivity index (χ1n) is 3.04. The topological polar surface area (TPSA) is 54.6 Å². The molecule has 0 amide bonds. The van der Waals surface area contributed by atoms with Crippen LogP contribution in [0.1, 0.15) is 10.5 Å². The van der Waals surface area contributed by atoms with Gasteiger partial charge in [0.05, 0.1) is 0 Å². The zero-order valence-corrected chi connectivity index (χ0v) is 8.09. The molecule has 2 aromatic heterocycles. The van der Waals surface area contributed by atoms with Crippen LogP contribution in [0.5, 0.6) is 0 Å². The molecule has 0 saturated heterocycles. The second-order valence-electron chi connectivity index (χ2n) is 2.14. The number of rotatable bonds is 1. The standard InChI is InChI=1S/C6H3BrN2O2S/c7-4-1-9-3(5(10)11)2-12-6(9)8-4/h1-2H,(H,10,11). The Bertz CT molecular complexity index is 447. The van der Waals surface area contributed by atoms with Crippen molar-refractivity contribution in [3.8, 4) is 0 Å². The number of carbonyl (C=O) groups is 1. The second kappa shape index (κ2) is 2.56. The van der Waals surface area contributed by atoms with Crippen molar-refractivity contribution in [2.45, 2.75) is 0 Å². The third kappa shape index (κ3) is 1.03. The summed E-state index contributed by atoms with van der Waals surface area (Å²) in [6, 6.07) is 0. The van der Waals surface area contributed by atoms with Gasteiger partial charge < -0.3 is 5.11 Å². The highest BCUT2D eigenvalue weighted by molar-refractivity contribution is 9.10. The lowest BCUT2D eigenvalue weighted by Crippen LogP contribution is -1.99. The van der Waals surface area contributed by atoms with Gasteiger partial charge in [0.25, 0.3) is 0 Å². The molecule has 0 bridgehead atoms. The Morgan fingerprint density at radius 3 is 3.17 bits per heavy atom. The van der Waals surface area contributed by atoms with Gasteiger partial charge in [0.1, 0.15) is 10.3 Å². The number of nitrogens with zero attached hydrogens (tertiary/aromatic N) is 2. The predicted octanol–water partition coefficient (Wildman–Crippen LogP) is 1.86. The third-order valence-electron chi connectivity index (χ3n) is 1.40. The average Bonchev–Trinajstić information content (AvgIpc) is 2.43. The van der Waals surface area contributed by atoms with E-state index in [1.54, 1.807) is 11.6 Å². The van der Waals surface area contributed by atoms with Crippen molar-refractivity contribution in [2.75, 3.05) is 0 Å². The van der Waals surface area contributed by atoms with Crippen molar-refractivity contribution in [1.29, 1.82) is 0 Å². The number of halogens is 1. The Kier molecular flexibility index (Phi) is 1.66. The summed E-state index contributed by atoms with van der Waals surface area (Å²) < 4.78 is 2.19. The van der Waals surface area contributed by atoms with Gasteiger partial charge in [-0.25, -0.2) is 9.78 Å². The van der Waals surface area contributed by atoms with Gasteiger partial charge in [-0.3, -0.25) is 4.40 Å². The molecule has 0 aliphatic rings. The molecule has 2 rings (SSSR count). The molecule has 12 heavy (non-hydrogen) atoms. The Morgan fingerprint density at radius 1 is 1.75 bits per heavy atom. The lowest BCUT2D eigenvalue weighted by atomic mass is 10.5. The van der Waals surface area contributed by atoms with E-state index in [4.69, 9.17) is 5.11 Å². The highest BCUT2D eigenvalue weighted by Gasteiger charge is 2.11. The van der Waals surface area contributed by atoms with Gasteiger partial charge >= 0.3 is 5.97 Å². The minimum absolute atomic E-state index is 0.244. The summed E-state index contributed by atoms with van der Waals surface area (Å²) in [4.78, 5) is 15.4. The van der Waals surface area contributed by atoms with E-state index >= 15 is 0 Å². The minimum Gasteiger partial charge on any atom is -0.477 e. The van der Waals surface area contributed by atoms with Crippen LogP contribution in [0.4, 0.5) is 0 Å². The van der Waals surface area contributed by atoms with Crippen LogP contribution in [0, 0.1) is 0 Å². The summed E-state index contributed by atoms with van der Waals surface area (Å²) in [5.74, 6) is -0.939. The molecule has 0 aliphatic heterocycles. The molecule has 0 spiro atoms. The normalized spacial score (nSPS) is 10.8. The Morgan fingerprint density at radius 2 is 2.50 bits per heavy atom. The summed E-state index contributed by atoms with van der Waals surface area (Å²) in [5.41, 5.74) is 0.244. The van der Waals surface area contributed by atoms with Crippen molar-refractivity contribution in [3.05, 3.63) is 21.9 Å². The summed E-state index contributed by atoms with van der Waals surface area (Å²) in [7, 11) is 0. The van der Waals surface area contributed by atoms with Crippen molar-refractivity contribution in [2.24, 2.45) is 0 Å². The zero-order chi connectivity index (χ0) is 8.72. The maximum atomic E-state index is 10.6. The first kappa shape index (κ1) is 7.75. The van der Waals surface area contributed by atoms with Crippen LogP contribution in [0.25, 0.3) is 4.96 Å². The highest BCUT2D eigenvalue weighted by atomic mass is 79.9. The van der Waals surface area contributed by atoms with E-state index in [-0.39, 0.29) is 5.69 Å². The Balaban J connectivity index is 2.76. The molecule has 0 radical (unpaired) electrons. The van der Waals surface area contributed by atoms with Gasteiger partial charge in [-0.05, 0) is 15.9 Å². The fourth-order valence-corrected chi connectivity index (χ4v) is 2.25. The molecule has 4 nitrogen and oxygen atoms in total. The average molecular weight is 247 g/mol. The SMILES string of the molecule is O=C(O)c1csc2nc(Br)cn12. The van der Waals surface area contributed by atoms with Gasteiger partial charge in [0.2, 0.25) is 0 Å². The molecule has 0 aliphatic carbocycles. The molecule has 0 aromatic carbocycles. The van der Waals surface area contributed by atoms with Gasteiger partial charge in [0, 0.05) is 11.6 Å². The smallest absolute Gasteiger partial charge is 0.353 e. The minimum atomic E-state index is -0.939. The molecule has 62 valence electrons. The summed E-state index contributed by atoms with van der Waals surface area (Å²) in [6.07, 6.45) is 1.63. The quantitative estimate of drug-likeness (QED) is 0.836. The number of carboxylic acids is 1. The molecule has 1 N–H and O–H groups in total. The molecule has 2 heterocycles. The molecule has 0 unspecified atom stereocenters. The maximum Gasteiger partial charge on any atom is 0.353 e. The highest BCUT2D eigenvalue weighted by Crippen LogP contribution is 2.19. The van der Waals surface area contributed by atoms with Crippen molar-refractivity contribution in [1.82, 2.24) is 9.38 Å². The molecular weight excluding hydrogens is 244 g/mol. The summed E-state index contributed by atoms with van der Waals surface area (Å²) >= 11 is 4.47. The van der Waals surface area contributed by atoms with Gasteiger partial charge in [-0.15, -0.1) is 11.3 Å². The predicted molar refractivity (Wildman–Crippen MR) is 47.7 cm³/mol. The summed E-state index contributed by atoms with van der Waals surface area (Å²) in [6.45, 7) is 0. The largest absolute Gasteiger partial charge is 0.477 e. The molecule has 0 fully saturated rings. The van der Waals surface area contributed by atoms with Crippen LogP contribution in [0.15, 0.2) is 16.2 Å². The number of imidazole rings is 1. The number of aromatic carboxylic acids is 1. The zero-order valence-electron chi connectivity index (χ0n) is 5.69. The molecule has 0 atom stereocenters. The molecular formula is C6H3BrN2O2S. The van der Waals surface area contributed by atoms with E-state index in [0.29, 0.717) is 9.56 Å². The fraction of sp³-hybridized carbons (Fsp3) is 0. The van der Waals surface area contributed by atoms with Crippen LogP contribution in [-0.2, 0) is 0 Å². The van der Waals surface area contributed by atoms with Gasteiger partial charge in [0.15, 0.2) is 4.96 Å². The second-order valence-corrected chi connectivity index (χ2v) is 3.79. The molecule has 6 heteroatoms. The van der Waals surface area contributed by atoms with Crippen LogP contribution < -0.4 is 0 Å². The van der Waals surface area contributed by atoms with Crippen LogP contribution in [0.3, 0.4) is 0 Å². The first-order chi connectivity index (χ1) is 5.68. The van der Waals surface area contributed by atoms with E-state index in [2.05, 4.69) is 20.9 Å². The Hall–Kier alpha value is -0.880. The number of carboxylic acid groups (broad SMARTS) is 1. The number of aromatic nitrogens is 2. The van der Waals surface area contributed by atoms with Gasteiger partial charge in [-0.2, -0.15) is 0 Å². The molecule has 0 saturated carbocycles. The van der Waals surface area contributed by atoms with Gasteiger partial charge in [-0.1, -0.05) is 0 Å². The van der Waals surface area contributed by atoms with E-state index in [1.165, 1.54) is 15.7 Å². The summed E-state index contributed by atoms with van der Waals surface area (Å²) in [5, 5.41) is 10.3. The van der Waals surface area contributed by atoms with Crippen molar-refractivity contribution < 1.29 is 9.90 Å². The van der Waals surface area contributed by atoms with E-state index in [9.17, 15) is 4.79 Å². The van der Waals surface area contributed by atoms with E-state index in [0.717, 1.165) is 0 Å². The Labute approximate surface area is 79.6 Å². The molecule has 2 aromatic rings. The monoisotopic (exact) mass is 246 g/mol. The van der Waals surface area contributed by atoms with Crippen LogP contribution in [0.2, 0.25) is 0 Å². The number of hydrogen-bond acceptors (Lipinski definition) is 3. The lowest BCUT2D eigenvalue weighted by molar-refractivity contribution is 0.0689. The third-order valence-corrected chi connectivity index (χ3v) is 2.62. The van der Waals surface area contributed by atoms with Crippen molar-refractivity contribution >= 4 is 38.2 Å². The number of fused-ring (bicyclic) bond motifs is 1. The lowest BCUT2D eigenvalue weighted by Gasteiger charge is -1.87. The maximum absolute atomic E-state index is 10.6. The number of thiazole rings is 1. The fourth-order valence-electron chi connectivity index (χ4n) is 0.910. The van der Waals surface area contributed by atoms with E-state index < -0.39 is 5.97 Å². The van der Waals surface area contributed by atoms with E-state index in [1.807, 2.05) is 0 Å². The van der Waals surface area contributed by atoms with Crippen LogP contribution in [-0.4, -0.2) is 20.5 Å². The van der Waals surface area contributed by atoms with Crippen LogP contribution >= 0.6 is 27.3 Å².